The molecule has 0 saturated heterocycles. The second-order valence-electron chi connectivity index (χ2n) is 8.42. The molecule has 4 heterocycles. The molecule has 1 amide bonds. The summed E-state index contributed by atoms with van der Waals surface area (Å²) in [5.74, 6) is 0.858. The predicted octanol–water partition coefficient (Wildman–Crippen LogP) is 5.94. The van der Waals surface area contributed by atoms with Crippen LogP contribution in [0.3, 0.4) is 0 Å². The van der Waals surface area contributed by atoms with Crippen LogP contribution in [0.5, 0.6) is 0 Å². The van der Waals surface area contributed by atoms with Gasteiger partial charge in [-0.2, -0.15) is 0 Å². The predicted molar refractivity (Wildman–Crippen MR) is 136 cm³/mol. The standard InChI is InChI=1S/C22H27N5OS4/c1-12(2)9-15-14(26-21(31-15)19-23-5-7-29-19)11-25-18(28)17-16(10-13(3)4)32-22(27-17)20-24-6-8-30-20/h5-8,12-13,21,26H,9-11H2,1-4H3,(H,25,28). The van der Waals surface area contributed by atoms with Crippen LogP contribution in [0.2, 0.25) is 0 Å². The first-order chi connectivity index (χ1) is 15.4. The molecule has 170 valence electrons. The third-order valence-corrected chi connectivity index (χ3v) is 8.98. The highest BCUT2D eigenvalue weighted by Gasteiger charge is 2.28. The average molecular weight is 506 g/mol. The van der Waals surface area contributed by atoms with E-state index in [4.69, 9.17) is 0 Å². The van der Waals surface area contributed by atoms with Gasteiger partial charge < -0.3 is 10.6 Å². The highest BCUT2D eigenvalue weighted by molar-refractivity contribution is 8.03. The first-order valence-electron chi connectivity index (χ1n) is 10.6. The molecule has 32 heavy (non-hydrogen) atoms. The lowest BCUT2D eigenvalue weighted by atomic mass is 10.1. The molecule has 0 aromatic carbocycles. The Balaban J connectivity index is 1.50. The van der Waals surface area contributed by atoms with Crippen molar-refractivity contribution in [2.45, 2.75) is 45.9 Å². The van der Waals surface area contributed by atoms with E-state index in [-0.39, 0.29) is 11.3 Å². The van der Waals surface area contributed by atoms with Gasteiger partial charge in [-0.15, -0.1) is 34.0 Å². The van der Waals surface area contributed by atoms with Crippen molar-refractivity contribution in [1.29, 1.82) is 0 Å². The van der Waals surface area contributed by atoms with Crippen molar-refractivity contribution in [2.75, 3.05) is 6.54 Å². The fraction of sp³-hybridized carbons (Fsp3) is 0.455. The van der Waals surface area contributed by atoms with Crippen molar-refractivity contribution in [3.05, 3.63) is 49.3 Å². The number of amides is 1. The zero-order valence-corrected chi connectivity index (χ0v) is 21.8. The molecule has 6 nitrogen and oxygen atoms in total. The van der Waals surface area contributed by atoms with Gasteiger partial charge in [0.1, 0.15) is 16.1 Å². The van der Waals surface area contributed by atoms with Crippen LogP contribution in [0, 0.1) is 11.8 Å². The minimum Gasteiger partial charge on any atom is -0.369 e. The van der Waals surface area contributed by atoms with Gasteiger partial charge in [0.25, 0.3) is 5.91 Å². The maximum Gasteiger partial charge on any atom is 0.271 e. The van der Waals surface area contributed by atoms with Gasteiger partial charge in [-0.3, -0.25) is 4.79 Å². The number of thioether (sulfide) groups is 1. The third kappa shape index (κ3) is 5.59. The Labute approximate surface area is 205 Å². The normalized spacial score (nSPS) is 16.2. The maximum atomic E-state index is 13.2. The zero-order chi connectivity index (χ0) is 22.7. The lowest BCUT2D eigenvalue weighted by Gasteiger charge is -2.11. The van der Waals surface area contributed by atoms with E-state index in [1.807, 2.05) is 28.7 Å². The minimum atomic E-state index is -0.124. The molecule has 0 bridgehead atoms. The fourth-order valence-corrected chi connectivity index (χ4v) is 7.54. The summed E-state index contributed by atoms with van der Waals surface area (Å²) in [5, 5.41) is 13.5. The largest absolute Gasteiger partial charge is 0.369 e. The van der Waals surface area contributed by atoms with Crippen molar-refractivity contribution >= 4 is 51.7 Å². The monoisotopic (exact) mass is 505 g/mol. The van der Waals surface area contributed by atoms with E-state index < -0.39 is 0 Å². The van der Waals surface area contributed by atoms with Crippen LogP contribution in [-0.2, 0) is 6.42 Å². The Morgan fingerprint density at radius 3 is 2.47 bits per heavy atom. The van der Waals surface area contributed by atoms with E-state index in [1.165, 1.54) is 4.91 Å². The Morgan fingerprint density at radius 1 is 1.06 bits per heavy atom. The summed E-state index contributed by atoms with van der Waals surface area (Å²) < 4.78 is 0. The summed E-state index contributed by atoms with van der Waals surface area (Å²) in [6.07, 6.45) is 5.42. The summed E-state index contributed by atoms with van der Waals surface area (Å²) in [6, 6.07) is 0. The molecule has 1 unspecified atom stereocenters. The topological polar surface area (TPSA) is 79.8 Å². The lowest BCUT2D eigenvalue weighted by molar-refractivity contribution is 0.0951. The third-order valence-electron chi connectivity index (χ3n) is 4.72. The average Bonchev–Trinajstić information content (AvgIpc) is 3.51. The summed E-state index contributed by atoms with van der Waals surface area (Å²) in [6.45, 7) is 9.21. The lowest BCUT2D eigenvalue weighted by Crippen LogP contribution is -2.30. The van der Waals surface area contributed by atoms with E-state index in [2.05, 4.69) is 53.3 Å². The van der Waals surface area contributed by atoms with E-state index in [1.54, 1.807) is 40.2 Å². The Hall–Kier alpha value is -1.75. The van der Waals surface area contributed by atoms with Crippen molar-refractivity contribution < 1.29 is 4.79 Å². The summed E-state index contributed by atoms with van der Waals surface area (Å²) in [4.78, 5) is 29.0. The van der Waals surface area contributed by atoms with Gasteiger partial charge in [0.05, 0.1) is 6.54 Å². The number of hydrogen-bond acceptors (Lipinski definition) is 9. The van der Waals surface area contributed by atoms with Gasteiger partial charge in [0.2, 0.25) is 0 Å². The molecule has 2 N–H and O–H groups in total. The highest BCUT2D eigenvalue weighted by atomic mass is 32.2. The first kappa shape index (κ1) is 23.4. The van der Waals surface area contributed by atoms with Gasteiger partial charge in [-0.25, -0.2) is 15.0 Å². The molecule has 1 aliphatic heterocycles. The van der Waals surface area contributed by atoms with Crippen LogP contribution < -0.4 is 10.6 Å². The minimum absolute atomic E-state index is 0.114. The second kappa shape index (κ2) is 10.5. The molecule has 1 aliphatic rings. The molecule has 4 rings (SSSR count). The first-order valence-corrected chi connectivity index (χ1v) is 14.1. The van der Waals surface area contributed by atoms with Gasteiger partial charge >= 0.3 is 0 Å². The Kier molecular flexibility index (Phi) is 7.65. The van der Waals surface area contributed by atoms with Gasteiger partial charge in [0, 0.05) is 38.6 Å². The molecule has 3 aromatic rings. The molecule has 10 heteroatoms. The van der Waals surface area contributed by atoms with Crippen LogP contribution in [-0.4, -0.2) is 27.4 Å². The molecular weight excluding hydrogens is 479 g/mol. The highest BCUT2D eigenvalue weighted by Crippen LogP contribution is 2.43. The summed E-state index contributed by atoms with van der Waals surface area (Å²) in [5.41, 5.74) is 1.61. The zero-order valence-electron chi connectivity index (χ0n) is 18.5. The Morgan fingerprint density at radius 2 is 1.81 bits per heavy atom. The van der Waals surface area contributed by atoms with E-state index in [0.29, 0.717) is 24.1 Å². The fourth-order valence-electron chi connectivity index (χ4n) is 3.36. The number of nitrogens with one attached hydrogen (secondary N) is 2. The van der Waals surface area contributed by atoms with Crippen molar-refractivity contribution in [1.82, 2.24) is 25.6 Å². The molecule has 0 spiro atoms. The van der Waals surface area contributed by atoms with E-state index in [9.17, 15) is 4.79 Å². The van der Waals surface area contributed by atoms with E-state index >= 15 is 0 Å². The second-order valence-corrected chi connectivity index (χ2v) is 12.5. The number of rotatable bonds is 9. The molecule has 0 fully saturated rings. The number of aromatic nitrogens is 3. The van der Waals surface area contributed by atoms with Gasteiger partial charge in [-0.1, -0.05) is 39.5 Å². The van der Waals surface area contributed by atoms with Crippen molar-refractivity contribution in [2.24, 2.45) is 11.8 Å². The van der Waals surface area contributed by atoms with Crippen LogP contribution in [0.4, 0.5) is 0 Å². The molecular formula is C22H27N5OS4. The maximum absolute atomic E-state index is 13.2. The number of carbonyl (C=O) groups is 1. The summed E-state index contributed by atoms with van der Waals surface area (Å²) in [7, 11) is 0. The Bertz CT molecular complexity index is 1070. The molecule has 0 radical (unpaired) electrons. The van der Waals surface area contributed by atoms with Crippen LogP contribution in [0.1, 0.15) is 59.9 Å². The van der Waals surface area contributed by atoms with Crippen LogP contribution in [0.15, 0.2) is 33.8 Å². The molecule has 3 aromatic heterocycles. The summed E-state index contributed by atoms with van der Waals surface area (Å²) >= 11 is 6.59. The van der Waals surface area contributed by atoms with Crippen molar-refractivity contribution in [3.8, 4) is 10.0 Å². The smallest absolute Gasteiger partial charge is 0.271 e. The molecule has 0 aliphatic carbocycles. The molecule has 1 atom stereocenters. The number of nitrogens with zero attached hydrogens (tertiary/aromatic N) is 3. The van der Waals surface area contributed by atoms with Gasteiger partial charge in [-0.05, 0) is 24.7 Å². The van der Waals surface area contributed by atoms with Crippen LogP contribution in [0.25, 0.3) is 10.0 Å². The quantitative estimate of drug-likeness (QED) is 0.374. The number of carbonyl (C=O) groups excluding carboxylic acids is 1. The SMILES string of the molecule is CC(C)CC1=C(CNC(=O)c2nc(-c3nccs3)sc2CC(C)C)NC(c2nccs2)S1. The van der Waals surface area contributed by atoms with Crippen molar-refractivity contribution in [3.63, 3.8) is 0 Å². The molecule has 0 saturated carbocycles. The van der Waals surface area contributed by atoms with Gasteiger partial charge in [0.15, 0.2) is 10.0 Å². The number of hydrogen-bond donors (Lipinski definition) is 2. The number of allylic oxidation sites excluding steroid dienone is 1. The number of thiazole rings is 3. The van der Waals surface area contributed by atoms with Crippen LogP contribution >= 0.6 is 45.8 Å². The van der Waals surface area contributed by atoms with E-state index in [0.717, 1.165) is 38.4 Å².